The minimum Gasteiger partial charge on any atom is -0.0312 e. The van der Waals surface area contributed by atoms with Crippen molar-refractivity contribution in [3.63, 3.8) is 0 Å². The van der Waals surface area contributed by atoms with E-state index in [2.05, 4.69) is 0 Å². The van der Waals surface area contributed by atoms with E-state index >= 15 is 0 Å². The van der Waals surface area contributed by atoms with Gasteiger partial charge in [-0.15, -0.1) is 0 Å². The van der Waals surface area contributed by atoms with Crippen LogP contribution in [0.1, 0.15) is 0 Å². The van der Waals surface area contributed by atoms with Gasteiger partial charge < -0.3 is 0 Å². The van der Waals surface area contributed by atoms with E-state index in [1.807, 2.05) is 0 Å². The van der Waals surface area contributed by atoms with Crippen molar-refractivity contribution < 1.29 is 0 Å². The second-order valence-electron chi connectivity index (χ2n) is 6.93. The van der Waals surface area contributed by atoms with Crippen molar-refractivity contribution in [1.29, 1.82) is 0 Å². The molecule has 0 saturated heterocycles. The SMILES string of the molecule is C12C3C1C23.C12C3C1C23.C12C3C1C23. The third kappa shape index (κ3) is 0.352. The maximum absolute atomic E-state index is 1.33. The van der Waals surface area contributed by atoms with Crippen LogP contribution in [-0.4, -0.2) is 0 Å². The van der Waals surface area contributed by atoms with Crippen LogP contribution in [0.2, 0.25) is 0 Å². The summed E-state index contributed by atoms with van der Waals surface area (Å²) >= 11 is 0. The van der Waals surface area contributed by atoms with E-state index in [1.165, 1.54) is 71.0 Å². The molecule has 0 amide bonds. The van der Waals surface area contributed by atoms with Gasteiger partial charge in [0.1, 0.15) is 0 Å². The summed E-state index contributed by atoms with van der Waals surface area (Å²) in [5, 5.41) is 0. The molecule has 12 saturated carbocycles. The zero-order valence-corrected chi connectivity index (χ0v) is 6.93. The smallest absolute Gasteiger partial charge is 0.0312 e. The summed E-state index contributed by atoms with van der Waals surface area (Å²) in [6.07, 6.45) is 0. The Labute approximate surface area is 71.7 Å². The predicted octanol–water partition coefficient (Wildman–Crippen LogP) is 1.48. The van der Waals surface area contributed by atoms with E-state index in [-0.39, 0.29) is 0 Å². The summed E-state index contributed by atoms with van der Waals surface area (Å²) in [6, 6.07) is 0. The van der Waals surface area contributed by atoms with Gasteiger partial charge in [0.05, 0.1) is 0 Å². The largest absolute Gasteiger partial charge is 0.0312 e. The van der Waals surface area contributed by atoms with Crippen molar-refractivity contribution in [2.45, 2.75) is 0 Å². The molecule has 12 heavy (non-hydrogen) atoms. The molecule has 0 bridgehead atoms. The maximum atomic E-state index is 1.33. The van der Waals surface area contributed by atoms with Crippen LogP contribution < -0.4 is 0 Å². The third-order valence-electron chi connectivity index (χ3n) is 6.31. The molecule has 0 radical (unpaired) electrons. The molecule has 0 atom stereocenters. The fourth-order valence-corrected chi connectivity index (χ4v) is 3.31. The van der Waals surface area contributed by atoms with E-state index < -0.39 is 0 Å². The monoisotopic (exact) mass is 156 g/mol. The normalized spacial score (nSPS) is 108. The van der Waals surface area contributed by atoms with Gasteiger partial charge in [-0.05, 0) is 71.0 Å². The molecule has 0 N–H and O–H groups in total. The van der Waals surface area contributed by atoms with Crippen molar-refractivity contribution in [1.82, 2.24) is 0 Å². The summed E-state index contributed by atoms with van der Waals surface area (Å²) in [6.45, 7) is 0. The standard InChI is InChI=1S/3C4H4/c3*1-2-3(1)4(1)2/h3*1-4H. The van der Waals surface area contributed by atoms with Crippen molar-refractivity contribution in [3.8, 4) is 0 Å². The van der Waals surface area contributed by atoms with Crippen LogP contribution in [0.25, 0.3) is 0 Å². The Morgan fingerprint density at radius 3 is 0.250 bits per heavy atom. The van der Waals surface area contributed by atoms with E-state index in [0.29, 0.717) is 0 Å². The fourth-order valence-electron chi connectivity index (χ4n) is 3.31. The first kappa shape index (κ1) is 4.48. The predicted molar refractivity (Wildman–Crippen MR) is 41.9 cm³/mol. The highest BCUT2D eigenvalue weighted by atomic mass is 15.0. The number of hydrogen-bond donors (Lipinski definition) is 0. The van der Waals surface area contributed by atoms with Gasteiger partial charge in [0.15, 0.2) is 0 Å². The summed E-state index contributed by atoms with van der Waals surface area (Å²) < 4.78 is 0. The lowest BCUT2D eigenvalue weighted by Gasteiger charge is -1.03. The van der Waals surface area contributed by atoms with Crippen molar-refractivity contribution in [3.05, 3.63) is 0 Å². The Morgan fingerprint density at radius 2 is 0.250 bits per heavy atom. The first-order valence-electron chi connectivity index (χ1n) is 6.00. The zero-order valence-electron chi connectivity index (χ0n) is 6.93. The van der Waals surface area contributed by atoms with Gasteiger partial charge in [-0.3, -0.25) is 0 Å². The van der Waals surface area contributed by atoms with Gasteiger partial charge in [0.25, 0.3) is 0 Å². The Kier molecular flexibility index (Phi) is 0.317. The highest BCUT2D eigenvalue weighted by molar-refractivity contribution is 5.44. The van der Waals surface area contributed by atoms with Crippen LogP contribution in [0.4, 0.5) is 0 Å². The second kappa shape index (κ2) is 0.849. The van der Waals surface area contributed by atoms with E-state index in [0.717, 1.165) is 0 Å². The quantitative estimate of drug-likeness (QED) is 0.498. The molecule has 0 aliphatic heterocycles. The van der Waals surface area contributed by atoms with E-state index in [4.69, 9.17) is 0 Å². The van der Waals surface area contributed by atoms with Gasteiger partial charge in [-0.2, -0.15) is 0 Å². The van der Waals surface area contributed by atoms with Crippen LogP contribution in [0.15, 0.2) is 0 Å². The first-order valence-corrected chi connectivity index (χ1v) is 6.00. The number of hydrogen-bond acceptors (Lipinski definition) is 0. The van der Waals surface area contributed by atoms with Gasteiger partial charge in [0, 0.05) is 0 Å². The number of rotatable bonds is 0. The second-order valence-corrected chi connectivity index (χ2v) is 6.93. The summed E-state index contributed by atoms with van der Waals surface area (Å²) in [5.41, 5.74) is 0. The molecule has 12 aliphatic carbocycles. The lowest BCUT2D eigenvalue weighted by atomic mass is 11.0. The van der Waals surface area contributed by atoms with Crippen LogP contribution in [0, 0.1) is 71.0 Å². The Hall–Kier alpha value is 0. The molecular formula is C12H12. The molecule has 0 aromatic carbocycles. The molecular weight excluding hydrogens is 144 g/mol. The van der Waals surface area contributed by atoms with Crippen molar-refractivity contribution in [2.24, 2.45) is 71.0 Å². The Bertz CT molecular complexity index is 186. The molecule has 0 heterocycles. The molecule has 60 valence electrons. The van der Waals surface area contributed by atoms with Crippen LogP contribution >= 0.6 is 0 Å². The lowest BCUT2D eigenvalue weighted by Crippen LogP contribution is -1.00. The topological polar surface area (TPSA) is 0 Å². The minimum atomic E-state index is 1.33. The molecule has 0 unspecified atom stereocenters. The fraction of sp³-hybridized carbons (Fsp3) is 1.00. The summed E-state index contributed by atoms with van der Waals surface area (Å²) in [7, 11) is 0. The van der Waals surface area contributed by atoms with Crippen molar-refractivity contribution in [2.75, 3.05) is 0 Å². The molecule has 12 aliphatic rings. The molecule has 12 fully saturated rings. The molecule has 0 aromatic heterocycles. The van der Waals surface area contributed by atoms with Crippen LogP contribution in [-0.2, 0) is 0 Å². The van der Waals surface area contributed by atoms with Gasteiger partial charge in [-0.25, -0.2) is 0 Å². The van der Waals surface area contributed by atoms with Gasteiger partial charge >= 0.3 is 0 Å². The molecule has 12 rings (SSSR count). The van der Waals surface area contributed by atoms with Gasteiger partial charge in [-0.1, -0.05) is 0 Å². The average molecular weight is 156 g/mol. The summed E-state index contributed by atoms with van der Waals surface area (Å²) in [5.74, 6) is 16.0. The molecule has 0 nitrogen and oxygen atoms in total. The Morgan fingerprint density at radius 1 is 0.167 bits per heavy atom. The van der Waals surface area contributed by atoms with E-state index in [1.54, 1.807) is 0 Å². The highest BCUT2D eigenvalue weighted by Crippen LogP contribution is 3.01. The van der Waals surface area contributed by atoms with E-state index in [9.17, 15) is 0 Å². The molecule has 0 heteroatoms. The summed E-state index contributed by atoms with van der Waals surface area (Å²) in [4.78, 5) is 0. The first-order chi connectivity index (χ1) is 6.00. The Balaban J connectivity index is 0.0000000506. The zero-order chi connectivity index (χ0) is 6.93. The van der Waals surface area contributed by atoms with Crippen LogP contribution in [0.3, 0.4) is 0 Å². The third-order valence-corrected chi connectivity index (χ3v) is 6.31. The maximum Gasteiger partial charge on any atom is -0.0312 e. The molecule has 0 aromatic rings. The van der Waals surface area contributed by atoms with Crippen LogP contribution in [0.5, 0.6) is 0 Å². The highest BCUT2D eigenvalue weighted by Gasteiger charge is 2.98. The lowest BCUT2D eigenvalue weighted by molar-refractivity contribution is 1.43. The molecule has 0 spiro atoms. The van der Waals surface area contributed by atoms with Crippen molar-refractivity contribution >= 4 is 0 Å². The average Bonchev–Trinajstić information content (AvgIpc) is 2.58. The minimum absolute atomic E-state index is 1.33. The van der Waals surface area contributed by atoms with Gasteiger partial charge in [0.2, 0.25) is 0 Å².